The van der Waals surface area contributed by atoms with Gasteiger partial charge >= 0.3 is 0 Å². The van der Waals surface area contributed by atoms with Crippen LogP contribution in [0.5, 0.6) is 0 Å². The number of anilines is 1. The van der Waals surface area contributed by atoms with E-state index in [1.165, 1.54) is 17.0 Å². The molecule has 5 nitrogen and oxygen atoms in total. The topological polar surface area (TPSA) is 57.6 Å². The number of hydrogen-bond donors (Lipinski definition) is 1. The Labute approximate surface area is 164 Å². The summed E-state index contributed by atoms with van der Waals surface area (Å²) in [6, 6.07) is 12.6. The summed E-state index contributed by atoms with van der Waals surface area (Å²) in [6.45, 7) is 0.862. The van der Waals surface area contributed by atoms with Crippen LogP contribution in [0.4, 0.5) is 10.1 Å². The van der Waals surface area contributed by atoms with Crippen LogP contribution in [0.15, 0.2) is 53.5 Å². The highest BCUT2D eigenvalue weighted by Gasteiger charge is 2.27. The van der Waals surface area contributed by atoms with Gasteiger partial charge in [-0.2, -0.15) is 0 Å². The molecule has 3 aromatic rings. The quantitative estimate of drug-likeness (QED) is 0.680. The van der Waals surface area contributed by atoms with Gasteiger partial charge in [0.25, 0.3) is 5.91 Å². The van der Waals surface area contributed by atoms with Crippen LogP contribution >= 0.6 is 23.2 Å². The molecule has 0 saturated carbocycles. The number of nitrogens with zero attached hydrogens (tertiary/aromatic N) is 3. The molecule has 1 N–H and O–H groups in total. The Morgan fingerprint density at radius 1 is 1.11 bits per heavy atom. The van der Waals surface area contributed by atoms with Gasteiger partial charge in [-0.25, -0.2) is 9.37 Å². The molecule has 1 amide bonds. The monoisotopic (exact) mass is 402 g/mol. The van der Waals surface area contributed by atoms with Gasteiger partial charge in [0, 0.05) is 11.9 Å². The van der Waals surface area contributed by atoms with Crippen molar-refractivity contribution in [2.24, 2.45) is 4.99 Å². The molecule has 0 fully saturated rings. The van der Waals surface area contributed by atoms with Gasteiger partial charge in [-0.3, -0.25) is 14.7 Å². The molecular formula is C19H13Cl2FN4O. The van der Waals surface area contributed by atoms with Crippen LogP contribution in [0.2, 0.25) is 10.0 Å². The normalized spacial score (nSPS) is 13.7. The Balaban J connectivity index is 1.61. The van der Waals surface area contributed by atoms with Crippen LogP contribution in [-0.2, 0) is 0 Å². The summed E-state index contributed by atoms with van der Waals surface area (Å²) < 4.78 is 13.3. The molecule has 4 rings (SSSR count). The maximum atomic E-state index is 13.3. The van der Waals surface area contributed by atoms with Crippen molar-refractivity contribution in [1.29, 1.82) is 0 Å². The van der Waals surface area contributed by atoms with Crippen molar-refractivity contribution in [2.75, 3.05) is 18.4 Å². The predicted octanol–water partition coefficient (Wildman–Crippen LogP) is 4.60. The number of benzene rings is 2. The number of guanidine groups is 1. The van der Waals surface area contributed by atoms with Crippen LogP contribution < -0.4 is 5.32 Å². The van der Waals surface area contributed by atoms with E-state index in [-0.39, 0.29) is 17.4 Å². The van der Waals surface area contributed by atoms with Gasteiger partial charge < -0.3 is 5.32 Å². The first-order valence-electron chi connectivity index (χ1n) is 8.16. The first kappa shape index (κ1) is 17.7. The first-order chi connectivity index (χ1) is 13.0. The maximum Gasteiger partial charge on any atom is 0.279 e. The Morgan fingerprint density at radius 3 is 2.67 bits per heavy atom. The minimum Gasteiger partial charge on any atom is -0.323 e. The van der Waals surface area contributed by atoms with E-state index in [0.29, 0.717) is 45.7 Å². The molecule has 2 aromatic carbocycles. The number of fused-ring (bicyclic) bond motifs is 1. The summed E-state index contributed by atoms with van der Waals surface area (Å²) in [5, 5.41) is 4.52. The molecule has 27 heavy (non-hydrogen) atoms. The van der Waals surface area contributed by atoms with Gasteiger partial charge in [-0.15, -0.1) is 0 Å². The number of carbonyl (C=O) groups is 1. The van der Waals surface area contributed by atoms with Crippen LogP contribution in [-0.4, -0.2) is 34.8 Å². The van der Waals surface area contributed by atoms with Gasteiger partial charge in [0.15, 0.2) is 0 Å². The molecule has 2 heterocycles. The second kappa shape index (κ2) is 7.13. The Kier molecular flexibility index (Phi) is 4.68. The molecule has 1 aliphatic heterocycles. The highest BCUT2D eigenvalue weighted by atomic mass is 35.5. The van der Waals surface area contributed by atoms with Crippen molar-refractivity contribution in [3.05, 3.63) is 70.1 Å². The standard InChI is InChI=1S/C19H13Cl2FN4O/c20-13-2-1-3-14(21)17(13)25-19-23-8-9-26(19)18(27)16-6-4-11-10-12(22)5-7-15(11)24-16/h1-7,10H,8-9H2,(H,23,25). The number of rotatable bonds is 2. The summed E-state index contributed by atoms with van der Waals surface area (Å²) in [6.07, 6.45) is 0. The molecule has 1 aromatic heterocycles. The highest BCUT2D eigenvalue weighted by molar-refractivity contribution is 6.40. The first-order valence-corrected chi connectivity index (χ1v) is 8.92. The van der Waals surface area contributed by atoms with Crippen LogP contribution in [0.1, 0.15) is 10.5 Å². The lowest BCUT2D eigenvalue weighted by Gasteiger charge is -2.20. The zero-order chi connectivity index (χ0) is 19.0. The third-order valence-electron chi connectivity index (χ3n) is 4.16. The molecule has 1 aliphatic rings. The van der Waals surface area contributed by atoms with Gasteiger partial charge in [-0.1, -0.05) is 35.3 Å². The number of hydrogen-bond acceptors (Lipinski definition) is 4. The lowest BCUT2D eigenvalue weighted by Crippen LogP contribution is -2.38. The lowest BCUT2D eigenvalue weighted by molar-refractivity contribution is 0.0852. The highest BCUT2D eigenvalue weighted by Crippen LogP contribution is 2.30. The van der Waals surface area contributed by atoms with E-state index in [9.17, 15) is 9.18 Å². The average molecular weight is 403 g/mol. The Bertz CT molecular complexity index is 1070. The fourth-order valence-corrected chi connectivity index (χ4v) is 3.33. The number of aromatic nitrogens is 1. The summed E-state index contributed by atoms with van der Waals surface area (Å²) in [5.74, 6) is -0.303. The summed E-state index contributed by atoms with van der Waals surface area (Å²) in [5.41, 5.74) is 1.28. The fraction of sp³-hybridized carbons (Fsp3) is 0.105. The second-order valence-corrected chi connectivity index (χ2v) is 6.73. The van der Waals surface area contributed by atoms with Gasteiger partial charge in [0.1, 0.15) is 11.5 Å². The molecular weight excluding hydrogens is 390 g/mol. The number of nitrogens with one attached hydrogen (secondary N) is 1. The predicted molar refractivity (Wildman–Crippen MR) is 105 cm³/mol. The summed E-state index contributed by atoms with van der Waals surface area (Å²) in [7, 11) is 0. The van der Waals surface area contributed by atoms with E-state index in [4.69, 9.17) is 23.2 Å². The number of halogens is 3. The van der Waals surface area contributed by atoms with Crippen molar-refractivity contribution in [1.82, 2.24) is 9.88 Å². The minimum atomic E-state index is -0.349. The SMILES string of the molecule is O=C(c1ccc2cc(F)ccc2n1)N1CCN=C1Nc1c(Cl)cccc1Cl. The molecule has 0 saturated heterocycles. The molecule has 0 radical (unpaired) electrons. The van der Waals surface area contributed by atoms with Crippen molar-refractivity contribution < 1.29 is 9.18 Å². The van der Waals surface area contributed by atoms with E-state index in [0.717, 1.165) is 0 Å². The second-order valence-electron chi connectivity index (χ2n) is 5.92. The molecule has 8 heteroatoms. The van der Waals surface area contributed by atoms with Crippen molar-refractivity contribution in [3.63, 3.8) is 0 Å². The maximum absolute atomic E-state index is 13.3. The van der Waals surface area contributed by atoms with E-state index >= 15 is 0 Å². The Hall–Kier alpha value is -2.70. The lowest BCUT2D eigenvalue weighted by atomic mass is 10.2. The molecule has 0 aliphatic carbocycles. The average Bonchev–Trinajstić information content (AvgIpc) is 3.12. The summed E-state index contributed by atoms with van der Waals surface area (Å²) >= 11 is 12.4. The van der Waals surface area contributed by atoms with Crippen molar-refractivity contribution >= 4 is 51.7 Å². The Morgan fingerprint density at radius 2 is 1.89 bits per heavy atom. The number of aliphatic imine (C=N–C) groups is 1. The van der Waals surface area contributed by atoms with Gasteiger partial charge in [0.05, 0.1) is 27.8 Å². The molecule has 0 atom stereocenters. The summed E-state index contributed by atoms with van der Waals surface area (Å²) in [4.78, 5) is 23.1. The van der Waals surface area contributed by atoms with Gasteiger partial charge in [-0.05, 0) is 36.4 Å². The largest absolute Gasteiger partial charge is 0.323 e. The smallest absolute Gasteiger partial charge is 0.279 e. The van der Waals surface area contributed by atoms with E-state index in [2.05, 4.69) is 15.3 Å². The molecule has 0 spiro atoms. The third-order valence-corrected chi connectivity index (χ3v) is 4.79. The van der Waals surface area contributed by atoms with Crippen molar-refractivity contribution in [2.45, 2.75) is 0 Å². The number of carbonyl (C=O) groups excluding carboxylic acids is 1. The van der Waals surface area contributed by atoms with E-state index in [1.807, 2.05) is 0 Å². The number of para-hydroxylation sites is 1. The van der Waals surface area contributed by atoms with E-state index in [1.54, 1.807) is 36.4 Å². The number of pyridine rings is 1. The van der Waals surface area contributed by atoms with Gasteiger partial charge in [0.2, 0.25) is 5.96 Å². The van der Waals surface area contributed by atoms with Crippen LogP contribution in [0, 0.1) is 5.82 Å². The van der Waals surface area contributed by atoms with Crippen LogP contribution in [0.3, 0.4) is 0 Å². The minimum absolute atomic E-state index is 0.246. The molecule has 136 valence electrons. The van der Waals surface area contributed by atoms with Crippen LogP contribution in [0.25, 0.3) is 10.9 Å². The fourth-order valence-electron chi connectivity index (χ4n) is 2.83. The zero-order valence-electron chi connectivity index (χ0n) is 13.9. The third kappa shape index (κ3) is 3.46. The zero-order valence-corrected chi connectivity index (χ0v) is 15.4. The molecule has 0 unspecified atom stereocenters. The van der Waals surface area contributed by atoms with E-state index < -0.39 is 0 Å². The van der Waals surface area contributed by atoms with Crippen molar-refractivity contribution in [3.8, 4) is 0 Å². The molecule has 0 bridgehead atoms. The number of amides is 1.